The first-order valence-corrected chi connectivity index (χ1v) is 13.2. The summed E-state index contributed by atoms with van der Waals surface area (Å²) in [5.74, 6) is 2.10. The molecule has 0 radical (unpaired) electrons. The molecule has 4 aliphatic rings. The van der Waals surface area contributed by atoms with Gasteiger partial charge in [-0.3, -0.25) is 9.59 Å². The third-order valence-corrected chi connectivity index (χ3v) is 9.88. The van der Waals surface area contributed by atoms with Gasteiger partial charge < -0.3 is 10.2 Å². The van der Waals surface area contributed by atoms with Crippen molar-refractivity contribution >= 4 is 12.6 Å². The molecule has 4 saturated carbocycles. The lowest BCUT2D eigenvalue weighted by Crippen LogP contribution is -2.60. The maximum atomic E-state index is 11.9. The van der Waals surface area contributed by atoms with Crippen molar-refractivity contribution in [3.63, 3.8) is 0 Å². The fourth-order valence-corrected chi connectivity index (χ4v) is 8.24. The predicted molar refractivity (Wildman–Crippen MR) is 138 cm³/mol. The van der Waals surface area contributed by atoms with E-state index >= 15 is 0 Å². The van der Waals surface area contributed by atoms with Crippen molar-refractivity contribution in [1.82, 2.24) is 0 Å². The molecule has 4 aliphatic carbocycles. The molecule has 6 rings (SSSR count). The van der Waals surface area contributed by atoms with Gasteiger partial charge in [0.1, 0.15) is 11.5 Å². The first-order valence-electron chi connectivity index (χ1n) is 13.2. The molecule has 5 unspecified atom stereocenters. The zero-order valence-corrected chi connectivity index (χ0v) is 21.6. The Hall–Kier alpha value is -2.62. The number of rotatable bonds is 6. The Labute approximate surface area is 208 Å². The zero-order valence-electron chi connectivity index (χ0n) is 21.6. The van der Waals surface area contributed by atoms with E-state index in [1.807, 2.05) is 12.1 Å². The first-order chi connectivity index (χ1) is 16.5. The van der Waals surface area contributed by atoms with Gasteiger partial charge >= 0.3 is 0 Å². The maximum absolute atomic E-state index is 11.9. The van der Waals surface area contributed by atoms with Crippen molar-refractivity contribution in [3.8, 4) is 11.5 Å². The summed E-state index contributed by atoms with van der Waals surface area (Å²) in [6.45, 7) is 10.6. The molecule has 4 heteroatoms. The minimum absolute atomic E-state index is 0.0509. The van der Waals surface area contributed by atoms with E-state index in [-0.39, 0.29) is 34.2 Å². The van der Waals surface area contributed by atoms with E-state index in [1.54, 1.807) is 0 Å². The van der Waals surface area contributed by atoms with E-state index in [1.165, 1.54) is 17.5 Å². The average molecular weight is 475 g/mol. The molecule has 4 bridgehead atoms. The number of hydrogen-bond donors (Lipinski definition) is 2. The van der Waals surface area contributed by atoms with Crippen LogP contribution in [0.15, 0.2) is 24.3 Å². The van der Waals surface area contributed by atoms with Crippen LogP contribution in [-0.4, -0.2) is 22.8 Å². The Balaban J connectivity index is 1.70. The van der Waals surface area contributed by atoms with Crippen molar-refractivity contribution in [2.75, 3.05) is 0 Å². The summed E-state index contributed by atoms with van der Waals surface area (Å²) in [6.07, 6.45) is 7.08. The Morgan fingerprint density at radius 2 is 1.37 bits per heavy atom. The van der Waals surface area contributed by atoms with Crippen molar-refractivity contribution in [1.29, 1.82) is 0 Å². The molecule has 0 aliphatic heterocycles. The largest absolute Gasteiger partial charge is 0.507 e. The van der Waals surface area contributed by atoms with Gasteiger partial charge in [-0.15, -0.1) is 0 Å². The Kier molecular flexibility index (Phi) is 5.65. The highest BCUT2D eigenvalue weighted by Crippen LogP contribution is 2.68. The smallest absolute Gasteiger partial charge is 0.153 e. The van der Waals surface area contributed by atoms with E-state index in [0.717, 1.165) is 49.4 Å². The van der Waals surface area contributed by atoms with Crippen LogP contribution in [-0.2, 0) is 10.8 Å². The van der Waals surface area contributed by atoms with Gasteiger partial charge in [-0.25, -0.2) is 0 Å². The van der Waals surface area contributed by atoms with Gasteiger partial charge in [-0.2, -0.15) is 0 Å². The second kappa shape index (κ2) is 8.21. The zero-order chi connectivity index (χ0) is 25.3. The van der Waals surface area contributed by atoms with Crippen molar-refractivity contribution in [2.24, 2.45) is 17.8 Å². The van der Waals surface area contributed by atoms with Gasteiger partial charge in [-0.1, -0.05) is 46.8 Å². The minimum atomic E-state index is -0.0730. The monoisotopic (exact) mass is 474 g/mol. The molecule has 0 saturated heterocycles. The van der Waals surface area contributed by atoms with Crippen LogP contribution in [0.3, 0.4) is 0 Å². The Morgan fingerprint density at radius 1 is 0.829 bits per heavy atom. The van der Waals surface area contributed by atoms with Crippen molar-refractivity contribution in [3.05, 3.63) is 57.6 Å². The van der Waals surface area contributed by atoms with E-state index in [2.05, 4.69) is 46.8 Å². The quantitative estimate of drug-likeness (QED) is 0.442. The van der Waals surface area contributed by atoms with Gasteiger partial charge in [0.25, 0.3) is 0 Å². The van der Waals surface area contributed by atoms with Gasteiger partial charge in [0, 0.05) is 0 Å². The lowest BCUT2D eigenvalue weighted by molar-refractivity contribution is -0.0727. The van der Waals surface area contributed by atoms with Gasteiger partial charge in [0.15, 0.2) is 12.6 Å². The molecule has 2 aromatic rings. The third kappa shape index (κ3) is 3.47. The highest BCUT2D eigenvalue weighted by molar-refractivity contribution is 5.81. The Morgan fingerprint density at radius 3 is 1.91 bits per heavy atom. The molecule has 0 spiro atoms. The summed E-state index contributed by atoms with van der Waals surface area (Å²) in [5, 5.41) is 21.5. The summed E-state index contributed by atoms with van der Waals surface area (Å²) in [7, 11) is 0. The number of benzene rings is 2. The standard InChI is InChI=1S/C31H38O4/c1-17(2)26-9-24(7-22(14-32)28(26)34)30-11-20-6-21(13-30)19(5)31(12-20,16-30)25-8-23(15-33)29(35)27(10-25)18(3)4/h7-10,14-15,17-21,34-35H,6,11-13,16H2,1-5H3. The summed E-state index contributed by atoms with van der Waals surface area (Å²) < 4.78 is 0. The van der Waals surface area contributed by atoms with Crippen LogP contribution in [0.4, 0.5) is 0 Å². The van der Waals surface area contributed by atoms with Gasteiger partial charge in [0.2, 0.25) is 0 Å². The van der Waals surface area contributed by atoms with E-state index in [9.17, 15) is 19.8 Å². The molecule has 4 fully saturated rings. The predicted octanol–water partition coefficient (Wildman–Crippen LogP) is 7.01. The molecule has 0 amide bonds. The second-order valence-electron chi connectivity index (χ2n) is 12.4. The normalized spacial score (nSPS) is 31.3. The van der Waals surface area contributed by atoms with Crippen LogP contribution in [0.1, 0.15) is 122 Å². The van der Waals surface area contributed by atoms with Crippen LogP contribution >= 0.6 is 0 Å². The fourth-order valence-electron chi connectivity index (χ4n) is 8.24. The van der Waals surface area contributed by atoms with Crippen molar-refractivity contribution in [2.45, 2.75) is 89.4 Å². The van der Waals surface area contributed by atoms with E-state index < -0.39 is 0 Å². The topological polar surface area (TPSA) is 74.6 Å². The molecular formula is C31H38O4. The number of aromatic hydroxyl groups is 2. The van der Waals surface area contributed by atoms with E-state index in [0.29, 0.717) is 28.9 Å². The van der Waals surface area contributed by atoms with Crippen LogP contribution in [0.5, 0.6) is 11.5 Å². The second-order valence-corrected chi connectivity index (χ2v) is 12.4. The number of phenols is 2. The van der Waals surface area contributed by atoms with Crippen LogP contribution in [0.25, 0.3) is 0 Å². The summed E-state index contributed by atoms with van der Waals surface area (Å²) in [4.78, 5) is 23.8. The van der Waals surface area contributed by atoms with Crippen LogP contribution in [0.2, 0.25) is 0 Å². The highest BCUT2D eigenvalue weighted by Gasteiger charge is 2.62. The molecule has 4 nitrogen and oxygen atoms in total. The summed E-state index contributed by atoms with van der Waals surface area (Å²) >= 11 is 0. The molecular weight excluding hydrogens is 436 g/mol. The lowest BCUT2D eigenvalue weighted by atomic mass is 9.38. The number of aldehydes is 2. The average Bonchev–Trinajstić information content (AvgIpc) is 2.81. The summed E-state index contributed by atoms with van der Waals surface area (Å²) in [6, 6.07) is 8.20. The molecule has 2 aromatic carbocycles. The molecule has 0 heterocycles. The maximum Gasteiger partial charge on any atom is 0.153 e. The van der Waals surface area contributed by atoms with E-state index in [4.69, 9.17) is 0 Å². The fraction of sp³-hybridized carbons (Fsp3) is 0.548. The number of phenolic OH excluding ortho intramolecular Hbond substituents is 2. The van der Waals surface area contributed by atoms with Gasteiger partial charge in [0.05, 0.1) is 11.1 Å². The van der Waals surface area contributed by atoms with Crippen LogP contribution in [0, 0.1) is 17.8 Å². The SMILES string of the molecule is CC(C)c1cc(C23CC4CC(C2)C(C)C(c2cc(C=O)c(O)c(C(C)C)c2)(C4)C3)cc(C=O)c1O. The highest BCUT2D eigenvalue weighted by atomic mass is 16.3. The number of carbonyl (C=O) groups excluding carboxylic acids is 2. The first kappa shape index (κ1) is 24.1. The van der Waals surface area contributed by atoms with Crippen LogP contribution < -0.4 is 0 Å². The Bertz CT molecular complexity index is 1190. The third-order valence-electron chi connectivity index (χ3n) is 9.88. The molecule has 0 aromatic heterocycles. The molecule has 5 atom stereocenters. The molecule has 186 valence electrons. The molecule has 35 heavy (non-hydrogen) atoms. The van der Waals surface area contributed by atoms with Crippen molar-refractivity contribution < 1.29 is 19.8 Å². The summed E-state index contributed by atoms with van der Waals surface area (Å²) in [5.41, 5.74) is 4.71. The molecule has 2 N–H and O–H groups in total. The number of hydrogen-bond acceptors (Lipinski definition) is 4. The van der Waals surface area contributed by atoms with Gasteiger partial charge in [-0.05, 0) is 107 Å². The lowest BCUT2D eigenvalue weighted by Gasteiger charge is -2.66. The minimum Gasteiger partial charge on any atom is -0.507 e. The number of carbonyl (C=O) groups is 2.